The number of nitrogens with one attached hydrogen (secondary N) is 1. The number of urea groups is 1. The molecule has 2 aliphatic heterocycles. The van der Waals surface area contributed by atoms with Crippen molar-refractivity contribution in [1.82, 2.24) is 10.2 Å². The lowest BCUT2D eigenvalue weighted by molar-refractivity contribution is 0.193. The highest BCUT2D eigenvalue weighted by atomic mass is 16.3. The smallest absolute Gasteiger partial charge is 0.317 e. The van der Waals surface area contributed by atoms with Gasteiger partial charge in [-0.25, -0.2) is 4.79 Å². The Morgan fingerprint density at radius 1 is 0.964 bits per heavy atom. The van der Waals surface area contributed by atoms with E-state index in [1.165, 1.54) is 24.2 Å². The van der Waals surface area contributed by atoms with Crippen LogP contribution in [0.1, 0.15) is 25.5 Å². The number of anilines is 2. The number of nitrogens with zero attached hydrogens (tertiary/aromatic N) is 3. The fourth-order valence-electron chi connectivity index (χ4n) is 4.00. The first-order valence-electron chi connectivity index (χ1n) is 10.3. The van der Waals surface area contributed by atoms with Crippen molar-refractivity contribution in [2.75, 3.05) is 49.1 Å². The van der Waals surface area contributed by atoms with Gasteiger partial charge >= 0.3 is 6.03 Å². The highest BCUT2D eigenvalue weighted by Gasteiger charge is 2.22. The molecule has 0 aliphatic carbocycles. The summed E-state index contributed by atoms with van der Waals surface area (Å²) in [5.74, 6) is 1.62. The Balaban J connectivity index is 1.26. The van der Waals surface area contributed by atoms with Gasteiger partial charge in [-0.05, 0) is 55.2 Å². The number of carbonyl (C=O) groups excluding carboxylic acids is 1. The van der Waals surface area contributed by atoms with Crippen molar-refractivity contribution in [1.29, 1.82) is 0 Å². The van der Waals surface area contributed by atoms with E-state index in [1.54, 1.807) is 6.26 Å². The van der Waals surface area contributed by atoms with Crippen LogP contribution in [0.25, 0.3) is 0 Å². The van der Waals surface area contributed by atoms with Crippen molar-refractivity contribution in [3.63, 3.8) is 0 Å². The number of piperazine rings is 1. The Morgan fingerprint density at radius 2 is 1.57 bits per heavy atom. The normalized spacial score (nSPS) is 18.4. The van der Waals surface area contributed by atoms with Gasteiger partial charge in [0, 0.05) is 50.6 Å². The minimum atomic E-state index is -0.0225. The van der Waals surface area contributed by atoms with Crippen LogP contribution in [-0.4, -0.2) is 50.2 Å². The molecule has 3 heterocycles. The molecule has 2 fully saturated rings. The van der Waals surface area contributed by atoms with Gasteiger partial charge in [0.05, 0.1) is 12.8 Å². The monoisotopic (exact) mass is 382 g/mol. The molecule has 1 N–H and O–H groups in total. The number of hydrogen-bond donors (Lipinski definition) is 1. The maximum atomic E-state index is 12.3. The minimum absolute atomic E-state index is 0.0225. The van der Waals surface area contributed by atoms with Crippen molar-refractivity contribution in [3.05, 3.63) is 48.4 Å². The third kappa shape index (κ3) is 4.43. The minimum Gasteiger partial charge on any atom is -0.467 e. The summed E-state index contributed by atoms with van der Waals surface area (Å²) in [4.78, 5) is 19.1. The van der Waals surface area contributed by atoms with Gasteiger partial charge in [0.2, 0.25) is 0 Å². The summed E-state index contributed by atoms with van der Waals surface area (Å²) in [7, 11) is 0. The van der Waals surface area contributed by atoms with Crippen LogP contribution in [0, 0.1) is 5.92 Å². The molecule has 0 spiro atoms. The molecule has 1 aromatic carbocycles. The fourth-order valence-corrected chi connectivity index (χ4v) is 4.00. The average molecular weight is 383 g/mol. The topological polar surface area (TPSA) is 52.0 Å². The SMILES string of the molecule is CC1CCN(c2ccc(N3CCN(C(=O)NCc4ccco4)CC3)cc2)CC1. The predicted octanol–water partition coefficient (Wildman–Crippen LogP) is 3.55. The summed E-state index contributed by atoms with van der Waals surface area (Å²) in [5.41, 5.74) is 2.57. The molecule has 1 aromatic heterocycles. The zero-order valence-electron chi connectivity index (χ0n) is 16.6. The lowest BCUT2D eigenvalue weighted by Gasteiger charge is -2.36. The fraction of sp³-hybridized carbons (Fsp3) is 0.500. The molecule has 0 radical (unpaired) electrons. The molecule has 0 atom stereocenters. The van der Waals surface area contributed by atoms with E-state index in [0.29, 0.717) is 6.54 Å². The molecule has 2 amide bonds. The molecule has 28 heavy (non-hydrogen) atoms. The van der Waals surface area contributed by atoms with Gasteiger partial charge in [-0.15, -0.1) is 0 Å². The summed E-state index contributed by atoms with van der Waals surface area (Å²) in [6, 6.07) is 12.6. The number of hydrogen-bond acceptors (Lipinski definition) is 4. The Morgan fingerprint density at radius 3 is 2.14 bits per heavy atom. The third-order valence-electron chi connectivity index (χ3n) is 5.92. The highest BCUT2D eigenvalue weighted by molar-refractivity contribution is 5.74. The highest BCUT2D eigenvalue weighted by Crippen LogP contribution is 2.26. The molecule has 0 saturated carbocycles. The van der Waals surface area contributed by atoms with E-state index in [9.17, 15) is 4.79 Å². The van der Waals surface area contributed by atoms with Crippen molar-refractivity contribution < 1.29 is 9.21 Å². The Bertz CT molecular complexity index is 743. The standard InChI is InChI=1S/C22H30N4O2/c1-18-8-10-24(11-9-18)19-4-6-20(7-5-19)25-12-14-26(15-13-25)22(27)23-17-21-3-2-16-28-21/h2-7,16,18H,8-15,17H2,1H3,(H,23,27). The Labute approximate surface area is 167 Å². The number of carbonyl (C=O) groups is 1. The van der Waals surface area contributed by atoms with E-state index >= 15 is 0 Å². The molecule has 2 saturated heterocycles. The maximum Gasteiger partial charge on any atom is 0.317 e. The largest absolute Gasteiger partial charge is 0.467 e. The molecule has 150 valence electrons. The van der Waals surface area contributed by atoms with Crippen LogP contribution in [0.3, 0.4) is 0 Å². The van der Waals surface area contributed by atoms with Crippen molar-refractivity contribution in [3.8, 4) is 0 Å². The Hall–Kier alpha value is -2.63. The average Bonchev–Trinajstić information content (AvgIpc) is 3.27. The van der Waals surface area contributed by atoms with Gasteiger partial charge in [0.1, 0.15) is 5.76 Å². The van der Waals surface area contributed by atoms with Crippen LogP contribution in [0.2, 0.25) is 0 Å². The van der Waals surface area contributed by atoms with Crippen molar-refractivity contribution in [2.24, 2.45) is 5.92 Å². The predicted molar refractivity (Wildman–Crippen MR) is 112 cm³/mol. The third-order valence-corrected chi connectivity index (χ3v) is 5.92. The maximum absolute atomic E-state index is 12.3. The molecule has 0 unspecified atom stereocenters. The number of benzene rings is 1. The molecule has 2 aromatic rings. The van der Waals surface area contributed by atoms with Gasteiger partial charge in [-0.2, -0.15) is 0 Å². The van der Waals surface area contributed by atoms with Crippen LogP contribution in [-0.2, 0) is 6.54 Å². The van der Waals surface area contributed by atoms with Crippen LogP contribution in [0.15, 0.2) is 47.1 Å². The van der Waals surface area contributed by atoms with Crippen LogP contribution in [0.5, 0.6) is 0 Å². The second-order valence-electron chi connectivity index (χ2n) is 7.90. The van der Waals surface area contributed by atoms with E-state index in [2.05, 4.69) is 46.3 Å². The summed E-state index contributed by atoms with van der Waals surface area (Å²) in [5, 5.41) is 2.93. The number of rotatable bonds is 4. The molecule has 6 heteroatoms. The van der Waals surface area contributed by atoms with E-state index in [-0.39, 0.29) is 6.03 Å². The molecule has 6 nitrogen and oxygen atoms in total. The lowest BCUT2D eigenvalue weighted by atomic mass is 9.99. The second kappa shape index (κ2) is 8.59. The first kappa shape index (κ1) is 18.7. The first-order chi connectivity index (χ1) is 13.7. The van der Waals surface area contributed by atoms with Gasteiger partial charge in [-0.1, -0.05) is 6.92 Å². The summed E-state index contributed by atoms with van der Waals surface area (Å²) in [6.07, 6.45) is 4.19. The zero-order valence-corrected chi connectivity index (χ0v) is 16.6. The van der Waals surface area contributed by atoms with Gasteiger partial charge in [-0.3, -0.25) is 0 Å². The molecule has 4 rings (SSSR count). The molecular weight excluding hydrogens is 352 g/mol. The van der Waals surface area contributed by atoms with E-state index in [4.69, 9.17) is 4.42 Å². The zero-order chi connectivity index (χ0) is 19.3. The number of piperidine rings is 1. The molecular formula is C22H30N4O2. The number of furan rings is 1. The lowest BCUT2D eigenvalue weighted by Crippen LogP contribution is -2.51. The van der Waals surface area contributed by atoms with Crippen molar-refractivity contribution in [2.45, 2.75) is 26.3 Å². The van der Waals surface area contributed by atoms with Gasteiger partial charge in [0.25, 0.3) is 0 Å². The van der Waals surface area contributed by atoms with Gasteiger partial charge in [0.15, 0.2) is 0 Å². The van der Waals surface area contributed by atoms with E-state index < -0.39 is 0 Å². The summed E-state index contributed by atoms with van der Waals surface area (Å²) >= 11 is 0. The first-order valence-corrected chi connectivity index (χ1v) is 10.3. The molecule has 0 bridgehead atoms. The Kier molecular flexibility index (Phi) is 5.74. The van der Waals surface area contributed by atoms with Crippen LogP contribution in [0.4, 0.5) is 16.2 Å². The summed E-state index contributed by atoms with van der Waals surface area (Å²) in [6.45, 7) is 8.27. The quantitative estimate of drug-likeness (QED) is 0.879. The van der Waals surface area contributed by atoms with Crippen molar-refractivity contribution >= 4 is 17.4 Å². The second-order valence-corrected chi connectivity index (χ2v) is 7.90. The number of amides is 2. The summed E-state index contributed by atoms with van der Waals surface area (Å²) < 4.78 is 5.26. The van der Waals surface area contributed by atoms with E-state index in [0.717, 1.165) is 50.9 Å². The van der Waals surface area contributed by atoms with Gasteiger partial charge < -0.3 is 24.4 Å². The van der Waals surface area contributed by atoms with E-state index in [1.807, 2.05) is 17.0 Å². The van der Waals surface area contributed by atoms with Crippen LogP contribution < -0.4 is 15.1 Å². The molecule has 2 aliphatic rings. The van der Waals surface area contributed by atoms with Crippen LogP contribution >= 0.6 is 0 Å².